The van der Waals surface area contributed by atoms with Crippen molar-refractivity contribution in [2.45, 2.75) is 26.3 Å². The lowest BCUT2D eigenvalue weighted by Crippen LogP contribution is -2.55. The summed E-state index contributed by atoms with van der Waals surface area (Å²) in [5, 5.41) is 2.99. The number of nitrogens with one attached hydrogen (secondary N) is 1. The second-order valence-electron chi connectivity index (χ2n) is 5.50. The van der Waals surface area contributed by atoms with E-state index in [2.05, 4.69) is 10.2 Å². The molecule has 0 radical (unpaired) electrons. The summed E-state index contributed by atoms with van der Waals surface area (Å²) in [4.78, 5) is 16.1. The van der Waals surface area contributed by atoms with E-state index in [9.17, 15) is 4.79 Å². The van der Waals surface area contributed by atoms with Crippen LogP contribution in [-0.2, 0) is 4.74 Å². The second kappa shape index (κ2) is 6.21. The fourth-order valence-corrected chi connectivity index (χ4v) is 1.79. The highest BCUT2D eigenvalue weighted by Gasteiger charge is 2.23. The zero-order chi connectivity index (χ0) is 12.9. The standard InChI is InChI=1S/C12H25N3O2/c1-12(2,3)13-11(16)15-7-5-14(6-8-15)9-10-17-4/h5-10H2,1-4H3,(H,13,16). The number of ether oxygens (including phenoxy) is 1. The van der Waals surface area contributed by atoms with Gasteiger partial charge in [0.15, 0.2) is 0 Å². The first kappa shape index (κ1) is 14.3. The summed E-state index contributed by atoms with van der Waals surface area (Å²) in [7, 11) is 1.72. The van der Waals surface area contributed by atoms with Gasteiger partial charge >= 0.3 is 6.03 Å². The molecule has 0 saturated carbocycles. The third-order valence-electron chi connectivity index (χ3n) is 2.75. The Morgan fingerprint density at radius 3 is 2.29 bits per heavy atom. The molecule has 1 aliphatic rings. The molecule has 0 bridgehead atoms. The van der Waals surface area contributed by atoms with E-state index >= 15 is 0 Å². The van der Waals surface area contributed by atoms with E-state index < -0.39 is 0 Å². The molecule has 1 heterocycles. The maximum Gasteiger partial charge on any atom is 0.317 e. The van der Waals surface area contributed by atoms with Crippen molar-refractivity contribution >= 4 is 6.03 Å². The molecule has 0 aliphatic carbocycles. The summed E-state index contributed by atoms with van der Waals surface area (Å²) in [5.74, 6) is 0. The molecule has 1 fully saturated rings. The van der Waals surface area contributed by atoms with Crippen LogP contribution in [0.25, 0.3) is 0 Å². The van der Waals surface area contributed by atoms with Gasteiger partial charge in [-0.25, -0.2) is 4.79 Å². The number of amides is 2. The van der Waals surface area contributed by atoms with Gasteiger partial charge in [0.1, 0.15) is 0 Å². The summed E-state index contributed by atoms with van der Waals surface area (Å²) < 4.78 is 5.05. The molecule has 0 atom stereocenters. The van der Waals surface area contributed by atoms with Crippen LogP contribution in [0.15, 0.2) is 0 Å². The molecule has 1 aliphatic heterocycles. The normalized spacial score (nSPS) is 18.2. The Labute approximate surface area is 104 Å². The Kier molecular flexibility index (Phi) is 5.21. The molecule has 0 spiro atoms. The van der Waals surface area contributed by atoms with Gasteiger partial charge in [-0.2, -0.15) is 0 Å². The zero-order valence-electron chi connectivity index (χ0n) is 11.5. The molecule has 1 saturated heterocycles. The molecular weight excluding hydrogens is 218 g/mol. The lowest BCUT2D eigenvalue weighted by Gasteiger charge is -2.36. The van der Waals surface area contributed by atoms with E-state index in [4.69, 9.17) is 4.74 Å². The molecule has 0 aromatic carbocycles. The van der Waals surface area contributed by atoms with Crippen molar-refractivity contribution < 1.29 is 9.53 Å². The maximum atomic E-state index is 11.9. The highest BCUT2D eigenvalue weighted by Crippen LogP contribution is 2.05. The first-order chi connectivity index (χ1) is 7.92. The van der Waals surface area contributed by atoms with E-state index in [0.29, 0.717) is 0 Å². The molecule has 0 aromatic rings. The molecule has 1 rings (SSSR count). The predicted molar refractivity (Wildman–Crippen MR) is 68.2 cm³/mol. The van der Waals surface area contributed by atoms with Crippen LogP contribution < -0.4 is 5.32 Å². The lowest BCUT2D eigenvalue weighted by atomic mass is 10.1. The van der Waals surface area contributed by atoms with E-state index in [1.165, 1.54) is 0 Å². The zero-order valence-corrected chi connectivity index (χ0v) is 11.5. The van der Waals surface area contributed by atoms with Crippen LogP contribution in [0.1, 0.15) is 20.8 Å². The Hall–Kier alpha value is -0.810. The Morgan fingerprint density at radius 1 is 1.24 bits per heavy atom. The molecule has 0 aromatic heterocycles. The molecule has 5 heteroatoms. The van der Waals surface area contributed by atoms with Crippen molar-refractivity contribution in [3.8, 4) is 0 Å². The summed E-state index contributed by atoms with van der Waals surface area (Å²) in [6.45, 7) is 11.2. The number of carbonyl (C=O) groups is 1. The summed E-state index contributed by atoms with van der Waals surface area (Å²) in [6, 6.07) is 0.0453. The molecule has 1 N–H and O–H groups in total. The van der Waals surface area contributed by atoms with Crippen LogP contribution >= 0.6 is 0 Å². The highest BCUT2D eigenvalue weighted by molar-refractivity contribution is 5.75. The number of hydrogen-bond donors (Lipinski definition) is 1. The predicted octanol–water partition coefficient (Wildman–Crippen LogP) is 0.759. The van der Waals surface area contributed by atoms with Gasteiger partial charge in [0, 0.05) is 45.4 Å². The van der Waals surface area contributed by atoms with E-state index in [1.807, 2.05) is 25.7 Å². The Bertz CT molecular complexity index is 243. The van der Waals surface area contributed by atoms with Gasteiger partial charge in [-0.15, -0.1) is 0 Å². The average molecular weight is 243 g/mol. The fraction of sp³-hybridized carbons (Fsp3) is 0.917. The van der Waals surface area contributed by atoms with Crippen LogP contribution in [0.5, 0.6) is 0 Å². The van der Waals surface area contributed by atoms with Gasteiger partial charge < -0.3 is 15.0 Å². The van der Waals surface area contributed by atoms with E-state index in [-0.39, 0.29) is 11.6 Å². The topological polar surface area (TPSA) is 44.8 Å². The van der Waals surface area contributed by atoms with E-state index in [1.54, 1.807) is 7.11 Å². The number of carbonyl (C=O) groups excluding carboxylic acids is 1. The summed E-state index contributed by atoms with van der Waals surface area (Å²) in [6.07, 6.45) is 0. The number of methoxy groups -OCH3 is 1. The molecule has 100 valence electrons. The molecule has 2 amide bonds. The van der Waals surface area contributed by atoms with Crippen molar-refractivity contribution in [3.63, 3.8) is 0 Å². The maximum absolute atomic E-state index is 11.9. The number of nitrogens with zero attached hydrogens (tertiary/aromatic N) is 2. The van der Waals surface area contributed by atoms with Crippen molar-refractivity contribution in [1.29, 1.82) is 0 Å². The Morgan fingerprint density at radius 2 is 1.82 bits per heavy atom. The third kappa shape index (κ3) is 5.37. The smallest absolute Gasteiger partial charge is 0.317 e. The van der Waals surface area contributed by atoms with Gasteiger partial charge in [0.05, 0.1) is 6.61 Å². The fourth-order valence-electron chi connectivity index (χ4n) is 1.79. The quantitative estimate of drug-likeness (QED) is 0.796. The Balaban J connectivity index is 2.29. The summed E-state index contributed by atoms with van der Waals surface area (Å²) >= 11 is 0. The molecule has 17 heavy (non-hydrogen) atoms. The number of hydrogen-bond acceptors (Lipinski definition) is 3. The minimum Gasteiger partial charge on any atom is -0.383 e. The van der Waals surface area contributed by atoms with Crippen LogP contribution in [-0.4, -0.2) is 67.8 Å². The number of urea groups is 1. The highest BCUT2D eigenvalue weighted by atomic mass is 16.5. The monoisotopic (exact) mass is 243 g/mol. The third-order valence-corrected chi connectivity index (χ3v) is 2.75. The van der Waals surface area contributed by atoms with Crippen LogP contribution in [0.3, 0.4) is 0 Å². The minimum atomic E-state index is -0.162. The molecular formula is C12H25N3O2. The second-order valence-corrected chi connectivity index (χ2v) is 5.50. The largest absolute Gasteiger partial charge is 0.383 e. The van der Waals surface area contributed by atoms with Gasteiger partial charge in [-0.3, -0.25) is 4.90 Å². The summed E-state index contributed by atoms with van der Waals surface area (Å²) in [5.41, 5.74) is -0.162. The lowest BCUT2D eigenvalue weighted by molar-refractivity contribution is 0.104. The minimum absolute atomic E-state index is 0.0453. The number of piperazine rings is 1. The van der Waals surface area contributed by atoms with Gasteiger partial charge in [-0.1, -0.05) is 0 Å². The SMILES string of the molecule is COCCN1CCN(C(=O)NC(C)(C)C)CC1. The van der Waals surface area contributed by atoms with Crippen LogP contribution in [0.4, 0.5) is 4.79 Å². The average Bonchev–Trinajstić information content (AvgIpc) is 2.24. The first-order valence-corrected chi connectivity index (χ1v) is 6.21. The van der Waals surface area contributed by atoms with Gasteiger partial charge in [0.25, 0.3) is 0 Å². The number of rotatable bonds is 3. The van der Waals surface area contributed by atoms with Gasteiger partial charge in [0.2, 0.25) is 0 Å². The first-order valence-electron chi connectivity index (χ1n) is 6.21. The molecule has 0 unspecified atom stereocenters. The van der Waals surface area contributed by atoms with Gasteiger partial charge in [-0.05, 0) is 20.8 Å². The van der Waals surface area contributed by atoms with E-state index in [0.717, 1.165) is 39.3 Å². The van der Waals surface area contributed by atoms with Crippen LogP contribution in [0.2, 0.25) is 0 Å². The van der Waals surface area contributed by atoms with Crippen LogP contribution in [0, 0.1) is 0 Å². The van der Waals surface area contributed by atoms with Crippen molar-refractivity contribution in [3.05, 3.63) is 0 Å². The van der Waals surface area contributed by atoms with Crippen molar-refractivity contribution in [2.24, 2.45) is 0 Å². The van der Waals surface area contributed by atoms with Crippen molar-refractivity contribution in [1.82, 2.24) is 15.1 Å². The van der Waals surface area contributed by atoms with Crippen molar-refractivity contribution in [2.75, 3.05) is 46.4 Å². The molecule has 5 nitrogen and oxygen atoms in total.